The second kappa shape index (κ2) is 13.1. The molecule has 0 bridgehead atoms. The van der Waals surface area contributed by atoms with Gasteiger partial charge in [0.05, 0.1) is 0 Å². The van der Waals surface area contributed by atoms with Crippen molar-refractivity contribution in [1.82, 2.24) is 0 Å². The molecule has 1 unspecified atom stereocenters. The number of hydrogen-bond acceptors (Lipinski definition) is 0. The third kappa shape index (κ3) is 6.70. The van der Waals surface area contributed by atoms with Gasteiger partial charge in [-0.05, 0) is 11.6 Å². The van der Waals surface area contributed by atoms with Crippen molar-refractivity contribution in [2.24, 2.45) is 5.92 Å². The molecule has 164 valence electrons. The van der Waals surface area contributed by atoms with Gasteiger partial charge in [0.1, 0.15) is 5.82 Å². The van der Waals surface area contributed by atoms with E-state index >= 15 is 0 Å². The van der Waals surface area contributed by atoms with Gasteiger partial charge >= 0.3 is 30.2 Å². The van der Waals surface area contributed by atoms with Gasteiger partial charge in [-0.25, -0.2) is 18.7 Å². The van der Waals surface area contributed by atoms with E-state index < -0.39 is 17.5 Å². The first kappa shape index (κ1) is 29.4. The van der Waals surface area contributed by atoms with Gasteiger partial charge in [0, 0.05) is 6.07 Å². The van der Waals surface area contributed by atoms with Crippen LogP contribution in [0.25, 0.3) is 21.9 Å². The SMILES string of the molecule is CC1=[C-]C(C)C(C)=C1C.Fc1cc(F)c(-c2c[cH-]c3ccccc23)cc1F.[CH3-].[CH3-].[Si]=[Zr]. The van der Waals surface area contributed by atoms with Gasteiger partial charge in [-0.2, -0.15) is 11.1 Å². The van der Waals surface area contributed by atoms with Crippen molar-refractivity contribution in [2.75, 3.05) is 0 Å². The predicted octanol–water partition coefficient (Wildman–Crippen LogP) is 7.88. The van der Waals surface area contributed by atoms with E-state index in [1.165, 1.54) is 40.1 Å². The average molecular weight is 516 g/mol. The molecule has 0 fully saturated rings. The van der Waals surface area contributed by atoms with Crippen molar-refractivity contribution in [2.45, 2.75) is 27.7 Å². The molecule has 1 aliphatic carbocycles. The first-order valence-corrected chi connectivity index (χ1v) is 13.3. The zero-order valence-corrected chi connectivity index (χ0v) is 22.3. The van der Waals surface area contributed by atoms with Gasteiger partial charge in [0.15, 0.2) is 11.6 Å². The monoisotopic (exact) mass is 514 g/mol. The number of benzene rings is 2. The minimum atomic E-state index is -1.17. The Kier molecular flexibility index (Phi) is 12.4. The summed E-state index contributed by atoms with van der Waals surface area (Å²) >= 11 is 1.36. The van der Waals surface area contributed by atoms with Crippen LogP contribution in [0.15, 0.2) is 65.3 Å². The molecule has 5 heteroatoms. The molecule has 0 aromatic heterocycles. The molecule has 0 aliphatic heterocycles. The van der Waals surface area contributed by atoms with Crippen LogP contribution >= 0.6 is 0 Å². The Balaban J connectivity index is 0.000000595. The summed E-state index contributed by atoms with van der Waals surface area (Å²) in [5.74, 6) is -2.42. The van der Waals surface area contributed by atoms with Crippen LogP contribution < -0.4 is 0 Å². The van der Waals surface area contributed by atoms with E-state index in [0.717, 1.165) is 16.8 Å². The predicted molar refractivity (Wildman–Crippen MR) is 123 cm³/mol. The zero-order valence-electron chi connectivity index (χ0n) is 18.8. The Morgan fingerprint density at radius 1 is 0.903 bits per heavy atom. The van der Waals surface area contributed by atoms with Crippen LogP contribution in [0, 0.1) is 44.3 Å². The van der Waals surface area contributed by atoms with Crippen LogP contribution in [0.3, 0.4) is 0 Å². The summed E-state index contributed by atoms with van der Waals surface area (Å²) < 4.78 is 39.8. The van der Waals surface area contributed by atoms with Crippen LogP contribution in [0.4, 0.5) is 13.2 Å². The van der Waals surface area contributed by atoms with E-state index in [-0.39, 0.29) is 20.4 Å². The first-order chi connectivity index (χ1) is 13.8. The molecule has 3 aromatic rings. The standard InChI is InChI=1S/C15H8F3.C9H13.2CH3.Si.Zr/c16-13-8-15(18)14(17)7-12(13)11-6-5-9-3-1-2-4-10(9)11;1-6-5-7(2)9(4)8(6)3;;;;/h1-8H;6H,1-4H3;2*1H3;;/q4*-1;;. The van der Waals surface area contributed by atoms with Gasteiger partial charge in [0.2, 0.25) is 0 Å². The summed E-state index contributed by atoms with van der Waals surface area (Å²) in [6.45, 7) is 11.7. The molecule has 3 aromatic carbocycles. The van der Waals surface area contributed by atoms with Gasteiger partial charge in [-0.1, -0.05) is 32.8 Å². The third-order valence-corrected chi connectivity index (χ3v) is 5.22. The van der Waals surface area contributed by atoms with Gasteiger partial charge in [-0.3, -0.25) is 6.08 Å². The Morgan fingerprint density at radius 2 is 1.48 bits per heavy atom. The maximum atomic E-state index is 13.7. The van der Waals surface area contributed by atoms with Gasteiger partial charge < -0.3 is 14.9 Å². The minimum absolute atomic E-state index is 0. The molecule has 2 radical (unpaired) electrons. The van der Waals surface area contributed by atoms with Gasteiger partial charge in [-0.15, -0.1) is 53.6 Å². The molecular weight excluding hydrogens is 489 g/mol. The fourth-order valence-corrected chi connectivity index (χ4v) is 3.28. The second-order valence-corrected chi connectivity index (χ2v) is 6.88. The molecule has 1 atom stereocenters. The van der Waals surface area contributed by atoms with E-state index in [4.69, 9.17) is 0 Å². The van der Waals surface area contributed by atoms with Crippen LogP contribution in [-0.2, 0) is 23.3 Å². The molecule has 0 spiro atoms. The molecule has 0 saturated carbocycles. The van der Waals surface area contributed by atoms with E-state index in [9.17, 15) is 13.2 Å². The Morgan fingerprint density at radius 3 is 2.00 bits per heavy atom. The fourth-order valence-electron chi connectivity index (χ4n) is 3.28. The number of rotatable bonds is 1. The molecule has 31 heavy (non-hydrogen) atoms. The molecule has 0 N–H and O–H groups in total. The van der Waals surface area contributed by atoms with Crippen molar-refractivity contribution in [3.05, 3.63) is 104 Å². The third-order valence-electron chi connectivity index (χ3n) is 5.22. The quantitative estimate of drug-likeness (QED) is 0.176. The van der Waals surface area contributed by atoms with Crippen LogP contribution in [-0.4, -0.2) is 6.88 Å². The molecule has 4 rings (SSSR count). The summed E-state index contributed by atoms with van der Waals surface area (Å²) in [6.07, 6.45) is 3.36. The van der Waals surface area contributed by atoms with E-state index in [1.54, 1.807) is 6.07 Å². The topological polar surface area (TPSA) is 0 Å². The molecule has 0 saturated heterocycles. The van der Waals surface area contributed by atoms with Crippen LogP contribution in [0.1, 0.15) is 27.7 Å². The Hall–Kier alpha value is -1.58. The van der Waals surface area contributed by atoms with Gasteiger partial charge in [0.25, 0.3) is 0 Å². The van der Waals surface area contributed by atoms with Crippen LogP contribution in [0.2, 0.25) is 0 Å². The van der Waals surface area contributed by atoms with E-state index in [1.807, 2.05) is 30.3 Å². The number of fused-ring (bicyclic) bond motifs is 1. The summed E-state index contributed by atoms with van der Waals surface area (Å²) in [5.41, 5.74) is 4.90. The van der Waals surface area contributed by atoms with Crippen molar-refractivity contribution in [3.63, 3.8) is 0 Å². The van der Waals surface area contributed by atoms with Crippen LogP contribution in [0.5, 0.6) is 0 Å². The summed E-state index contributed by atoms with van der Waals surface area (Å²) in [7, 11) is 0. The molecular formula is C26H27F3SiZr-4. The van der Waals surface area contributed by atoms with Crippen molar-refractivity contribution in [1.29, 1.82) is 0 Å². The normalized spacial score (nSPS) is 14.4. The first-order valence-electron chi connectivity index (χ1n) is 9.11. The van der Waals surface area contributed by atoms with E-state index in [2.05, 4.69) is 40.7 Å². The Bertz CT molecular complexity index is 1080. The molecule has 1 aliphatic rings. The fraction of sp³-hybridized carbons (Fsp3) is 0.192. The molecule has 0 amide bonds. The zero-order chi connectivity index (χ0) is 21.7. The number of allylic oxidation sites excluding steroid dienone is 4. The summed E-state index contributed by atoms with van der Waals surface area (Å²) in [5, 5.41) is 1.76. The summed E-state index contributed by atoms with van der Waals surface area (Å²) in [6, 6.07) is 12.4. The Labute approximate surface area is 201 Å². The molecule has 0 heterocycles. The number of halogens is 3. The average Bonchev–Trinajstić information content (AvgIpc) is 3.24. The summed E-state index contributed by atoms with van der Waals surface area (Å²) in [4.78, 5) is 0. The molecule has 0 nitrogen and oxygen atoms in total. The second-order valence-electron chi connectivity index (χ2n) is 6.88. The maximum absolute atomic E-state index is 13.7. The van der Waals surface area contributed by atoms with Crippen molar-refractivity contribution >= 4 is 17.7 Å². The van der Waals surface area contributed by atoms with Crippen molar-refractivity contribution < 1.29 is 36.5 Å². The van der Waals surface area contributed by atoms with E-state index in [0.29, 0.717) is 17.5 Å². The van der Waals surface area contributed by atoms with Crippen molar-refractivity contribution in [3.8, 4) is 11.1 Å². The number of hydrogen-bond donors (Lipinski definition) is 0.